The van der Waals surface area contributed by atoms with Gasteiger partial charge in [-0.05, 0) is 23.8 Å². The van der Waals surface area contributed by atoms with Crippen molar-refractivity contribution in [1.82, 2.24) is 0 Å². The van der Waals surface area contributed by atoms with Crippen molar-refractivity contribution in [2.75, 3.05) is 12.4 Å². The van der Waals surface area contributed by atoms with Crippen LogP contribution in [0.3, 0.4) is 0 Å². The summed E-state index contributed by atoms with van der Waals surface area (Å²) in [5.41, 5.74) is 1.45. The smallest absolute Gasteiger partial charge is 0.411 e. The molecule has 0 saturated heterocycles. The first-order chi connectivity index (χ1) is 10.6. The number of hydrogen-bond acceptors (Lipinski definition) is 4. The Balaban J connectivity index is 2.04. The van der Waals surface area contributed by atoms with Crippen LogP contribution < -0.4 is 5.32 Å². The molecule has 5 nitrogen and oxygen atoms in total. The molecule has 2 aromatic carbocycles. The number of nitrogens with one attached hydrogen (secondary N) is 1. The minimum atomic E-state index is -0.646. The maximum atomic E-state index is 11.9. The third-order valence-corrected chi connectivity index (χ3v) is 3.33. The van der Waals surface area contributed by atoms with Crippen LogP contribution in [-0.2, 0) is 16.1 Å². The van der Waals surface area contributed by atoms with Gasteiger partial charge in [0.2, 0.25) is 0 Å². The Morgan fingerprint density at radius 3 is 2.55 bits per heavy atom. The normalized spacial score (nSPS) is 9.91. The third-order valence-electron chi connectivity index (χ3n) is 2.84. The number of halogens is 1. The lowest BCUT2D eigenvalue weighted by atomic mass is 10.2. The molecule has 0 aromatic heterocycles. The van der Waals surface area contributed by atoms with E-state index >= 15 is 0 Å². The van der Waals surface area contributed by atoms with Gasteiger partial charge >= 0.3 is 12.1 Å². The molecule has 0 aliphatic heterocycles. The monoisotopic (exact) mass is 363 g/mol. The number of carbonyl (C=O) groups is 2. The Morgan fingerprint density at radius 2 is 1.86 bits per heavy atom. The first-order valence-corrected chi connectivity index (χ1v) is 7.25. The molecular formula is C16H14BrNO4. The number of amides is 1. The van der Waals surface area contributed by atoms with Crippen molar-refractivity contribution < 1.29 is 19.1 Å². The maximum absolute atomic E-state index is 11.9. The first-order valence-electron chi connectivity index (χ1n) is 6.45. The van der Waals surface area contributed by atoms with Gasteiger partial charge in [-0.15, -0.1) is 0 Å². The highest BCUT2D eigenvalue weighted by molar-refractivity contribution is 9.10. The molecule has 0 spiro atoms. The van der Waals surface area contributed by atoms with Crippen LogP contribution in [0.5, 0.6) is 0 Å². The first kappa shape index (κ1) is 16.0. The van der Waals surface area contributed by atoms with Crippen molar-refractivity contribution in [2.24, 2.45) is 0 Å². The Labute approximate surface area is 136 Å². The second-order valence-corrected chi connectivity index (χ2v) is 5.28. The molecule has 22 heavy (non-hydrogen) atoms. The van der Waals surface area contributed by atoms with E-state index < -0.39 is 12.1 Å². The molecule has 0 radical (unpaired) electrons. The molecule has 0 unspecified atom stereocenters. The Kier molecular flexibility index (Phi) is 5.55. The molecule has 0 bridgehead atoms. The van der Waals surface area contributed by atoms with Gasteiger partial charge in [-0.2, -0.15) is 0 Å². The summed E-state index contributed by atoms with van der Waals surface area (Å²) < 4.78 is 10.5. The van der Waals surface area contributed by atoms with Crippen LogP contribution in [0.15, 0.2) is 53.0 Å². The number of carbonyl (C=O) groups excluding carboxylic acids is 2. The fourth-order valence-electron chi connectivity index (χ4n) is 1.78. The number of anilines is 1. The van der Waals surface area contributed by atoms with Gasteiger partial charge in [-0.1, -0.05) is 46.3 Å². The van der Waals surface area contributed by atoms with Crippen molar-refractivity contribution in [3.63, 3.8) is 0 Å². The molecule has 0 saturated carbocycles. The Hall–Kier alpha value is -2.34. The molecule has 0 heterocycles. The van der Waals surface area contributed by atoms with E-state index in [1.54, 1.807) is 18.2 Å². The van der Waals surface area contributed by atoms with Crippen molar-refractivity contribution in [1.29, 1.82) is 0 Å². The van der Waals surface area contributed by atoms with Gasteiger partial charge in [0.15, 0.2) is 0 Å². The molecule has 6 heteroatoms. The summed E-state index contributed by atoms with van der Waals surface area (Å²) in [5.74, 6) is -0.536. The van der Waals surface area contributed by atoms with Crippen LogP contribution in [-0.4, -0.2) is 19.2 Å². The number of rotatable bonds is 4. The molecule has 0 aliphatic rings. The number of ether oxygens (including phenoxy) is 2. The average molecular weight is 364 g/mol. The Bertz CT molecular complexity index is 673. The largest absolute Gasteiger partial charge is 0.465 e. The van der Waals surface area contributed by atoms with Crippen molar-refractivity contribution in [3.8, 4) is 0 Å². The van der Waals surface area contributed by atoms with E-state index in [2.05, 4.69) is 26.0 Å². The van der Waals surface area contributed by atoms with E-state index in [4.69, 9.17) is 4.74 Å². The number of esters is 1. The number of benzene rings is 2. The van der Waals surface area contributed by atoms with Crippen molar-refractivity contribution in [3.05, 3.63) is 64.1 Å². The molecule has 0 fully saturated rings. The molecule has 1 amide bonds. The van der Waals surface area contributed by atoms with Crippen LogP contribution in [0, 0.1) is 0 Å². The molecule has 1 N–H and O–H groups in total. The quantitative estimate of drug-likeness (QED) is 0.834. The zero-order chi connectivity index (χ0) is 15.9. The summed E-state index contributed by atoms with van der Waals surface area (Å²) >= 11 is 3.29. The van der Waals surface area contributed by atoms with Gasteiger partial charge in [0.1, 0.15) is 6.61 Å². The fourth-order valence-corrected chi connectivity index (χ4v) is 2.14. The van der Waals surface area contributed by atoms with Crippen LogP contribution >= 0.6 is 15.9 Å². The molecule has 2 aromatic rings. The van der Waals surface area contributed by atoms with Gasteiger partial charge in [0.05, 0.1) is 18.4 Å². The van der Waals surface area contributed by atoms with Crippen LogP contribution in [0.2, 0.25) is 0 Å². The van der Waals surface area contributed by atoms with E-state index in [0.29, 0.717) is 5.69 Å². The summed E-state index contributed by atoms with van der Waals surface area (Å²) in [6.45, 7) is 0.147. The molecule has 0 aliphatic carbocycles. The highest BCUT2D eigenvalue weighted by Gasteiger charge is 2.15. The standard InChI is InChI=1S/C16H14BrNO4/c1-21-15(19)13-8-7-12(17)9-14(13)18-16(20)22-10-11-5-3-2-4-6-11/h2-9H,10H2,1H3,(H,18,20). The molecule has 2 rings (SSSR count). The topological polar surface area (TPSA) is 64.6 Å². The number of methoxy groups -OCH3 is 1. The molecular weight excluding hydrogens is 350 g/mol. The van der Waals surface area contributed by atoms with Gasteiger partial charge < -0.3 is 9.47 Å². The maximum Gasteiger partial charge on any atom is 0.411 e. The fraction of sp³-hybridized carbons (Fsp3) is 0.125. The Morgan fingerprint density at radius 1 is 1.14 bits per heavy atom. The predicted octanol–water partition coefficient (Wildman–Crippen LogP) is 3.98. The lowest BCUT2D eigenvalue weighted by Gasteiger charge is -2.11. The van der Waals surface area contributed by atoms with Gasteiger partial charge in [0.25, 0.3) is 0 Å². The minimum Gasteiger partial charge on any atom is -0.465 e. The highest BCUT2D eigenvalue weighted by Crippen LogP contribution is 2.22. The average Bonchev–Trinajstić information content (AvgIpc) is 2.53. The lowest BCUT2D eigenvalue weighted by molar-refractivity contribution is 0.0602. The summed E-state index contributed by atoms with van der Waals surface area (Å²) in [6.07, 6.45) is -0.646. The van der Waals surface area contributed by atoms with E-state index in [-0.39, 0.29) is 12.2 Å². The zero-order valence-electron chi connectivity index (χ0n) is 11.8. The second-order valence-electron chi connectivity index (χ2n) is 4.37. The van der Waals surface area contributed by atoms with E-state index in [9.17, 15) is 9.59 Å². The summed E-state index contributed by atoms with van der Waals surface area (Å²) in [5, 5.41) is 2.54. The van der Waals surface area contributed by atoms with Crippen LogP contribution in [0.25, 0.3) is 0 Å². The molecule has 114 valence electrons. The van der Waals surface area contributed by atoms with Gasteiger partial charge in [-0.3, -0.25) is 5.32 Å². The summed E-state index contributed by atoms with van der Waals surface area (Å²) in [4.78, 5) is 23.5. The van der Waals surface area contributed by atoms with E-state index in [1.807, 2.05) is 30.3 Å². The summed E-state index contributed by atoms with van der Waals surface area (Å²) in [7, 11) is 1.28. The zero-order valence-corrected chi connectivity index (χ0v) is 13.4. The van der Waals surface area contributed by atoms with Crippen molar-refractivity contribution in [2.45, 2.75) is 6.61 Å². The molecule has 0 atom stereocenters. The van der Waals surface area contributed by atoms with Gasteiger partial charge in [0, 0.05) is 4.47 Å². The third kappa shape index (κ3) is 4.33. The predicted molar refractivity (Wildman–Crippen MR) is 85.7 cm³/mol. The van der Waals surface area contributed by atoms with Crippen LogP contribution in [0.1, 0.15) is 15.9 Å². The van der Waals surface area contributed by atoms with E-state index in [1.165, 1.54) is 7.11 Å². The van der Waals surface area contributed by atoms with Crippen LogP contribution in [0.4, 0.5) is 10.5 Å². The lowest BCUT2D eigenvalue weighted by Crippen LogP contribution is -2.16. The van der Waals surface area contributed by atoms with Gasteiger partial charge in [-0.25, -0.2) is 9.59 Å². The number of hydrogen-bond donors (Lipinski definition) is 1. The summed E-state index contributed by atoms with van der Waals surface area (Å²) in [6, 6.07) is 14.2. The second kappa shape index (κ2) is 7.61. The SMILES string of the molecule is COC(=O)c1ccc(Br)cc1NC(=O)OCc1ccccc1. The highest BCUT2D eigenvalue weighted by atomic mass is 79.9. The minimum absolute atomic E-state index is 0.147. The van der Waals surface area contributed by atoms with Crippen molar-refractivity contribution >= 4 is 33.7 Å². The van der Waals surface area contributed by atoms with E-state index in [0.717, 1.165) is 10.0 Å².